The maximum atomic E-state index is 13.4. The Morgan fingerprint density at radius 3 is 2.52 bits per heavy atom. The molecule has 1 atom stereocenters. The molecule has 1 aliphatic rings. The van der Waals surface area contributed by atoms with E-state index in [1.165, 1.54) is 12.2 Å². The Morgan fingerprint density at radius 2 is 1.82 bits per heavy atom. The Bertz CT molecular complexity index is 1460. The first-order valence-corrected chi connectivity index (χ1v) is 14.6. The van der Waals surface area contributed by atoms with Crippen LogP contribution in [-0.4, -0.2) is 55.2 Å². The molecule has 44 heavy (non-hydrogen) atoms. The van der Waals surface area contributed by atoms with Crippen LogP contribution in [0.5, 0.6) is 5.75 Å². The molecule has 1 aromatic heterocycles. The molecule has 10 heteroatoms. The van der Waals surface area contributed by atoms with Crippen LogP contribution in [0.2, 0.25) is 0 Å². The summed E-state index contributed by atoms with van der Waals surface area (Å²) < 4.78 is 16.5. The summed E-state index contributed by atoms with van der Waals surface area (Å²) in [6.45, 7) is 3.45. The fourth-order valence-electron chi connectivity index (χ4n) is 4.83. The second-order valence-electron chi connectivity index (χ2n) is 10.3. The van der Waals surface area contributed by atoms with Crippen molar-refractivity contribution in [1.82, 2.24) is 10.3 Å². The summed E-state index contributed by atoms with van der Waals surface area (Å²) in [5.41, 5.74) is 2.82. The first-order chi connectivity index (χ1) is 21.4. The highest BCUT2D eigenvalue weighted by Gasteiger charge is 2.28. The second-order valence-corrected chi connectivity index (χ2v) is 10.3. The number of hydrogen-bond donors (Lipinski definition) is 1. The maximum absolute atomic E-state index is 13.4. The first-order valence-electron chi connectivity index (χ1n) is 14.6. The number of nitrogens with zero attached hydrogens (tertiary/aromatic N) is 3. The van der Waals surface area contributed by atoms with Gasteiger partial charge in [0.15, 0.2) is 0 Å². The summed E-state index contributed by atoms with van der Waals surface area (Å²) in [7, 11) is 0. The van der Waals surface area contributed by atoms with Gasteiger partial charge in [-0.05, 0) is 61.7 Å². The minimum Gasteiger partial charge on any atom is -0.491 e. The molecule has 0 bridgehead atoms. The minimum absolute atomic E-state index is 0.0584. The van der Waals surface area contributed by atoms with E-state index >= 15 is 0 Å². The van der Waals surface area contributed by atoms with Crippen molar-refractivity contribution in [3.63, 3.8) is 0 Å². The van der Waals surface area contributed by atoms with E-state index < -0.39 is 18.0 Å². The van der Waals surface area contributed by atoms with Gasteiger partial charge in [-0.25, -0.2) is 4.79 Å². The van der Waals surface area contributed by atoms with Gasteiger partial charge in [0.1, 0.15) is 19.0 Å². The molecule has 1 amide bonds. The van der Waals surface area contributed by atoms with E-state index in [4.69, 9.17) is 14.2 Å². The summed E-state index contributed by atoms with van der Waals surface area (Å²) in [4.78, 5) is 44.4. The van der Waals surface area contributed by atoms with Crippen LogP contribution in [-0.2, 0) is 30.5 Å². The van der Waals surface area contributed by atoms with Gasteiger partial charge in [-0.3, -0.25) is 14.6 Å². The number of nitriles is 1. The molecule has 0 aliphatic carbocycles. The van der Waals surface area contributed by atoms with Gasteiger partial charge in [-0.15, -0.1) is 0 Å². The van der Waals surface area contributed by atoms with Crippen LogP contribution in [0.1, 0.15) is 42.9 Å². The Labute approximate surface area is 257 Å². The topological polar surface area (TPSA) is 131 Å². The molecule has 2 heterocycles. The highest BCUT2D eigenvalue weighted by Crippen LogP contribution is 2.24. The largest absolute Gasteiger partial charge is 0.491 e. The lowest BCUT2D eigenvalue weighted by Crippen LogP contribution is -2.46. The lowest BCUT2D eigenvalue weighted by molar-refractivity contribution is -0.146. The highest BCUT2D eigenvalue weighted by molar-refractivity contribution is 5.87. The van der Waals surface area contributed by atoms with Gasteiger partial charge in [-0.1, -0.05) is 30.3 Å². The Hall–Kier alpha value is -5.17. The van der Waals surface area contributed by atoms with Crippen LogP contribution in [0, 0.1) is 17.2 Å². The van der Waals surface area contributed by atoms with E-state index in [0.29, 0.717) is 29.7 Å². The number of pyridine rings is 1. The number of benzene rings is 2. The average molecular weight is 597 g/mol. The van der Waals surface area contributed by atoms with E-state index in [0.717, 1.165) is 24.3 Å². The molecule has 0 spiro atoms. The fourth-order valence-corrected chi connectivity index (χ4v) is 4.83. The van der Waals surface area contributed by atoms with Crippen LogP contribution in [0.25, 0.3) is 6.08 Å². The van der Waals surface area contributed by atoms with E-state index in [2.05, 4.69) is 21.3 Å². The molecule has 3 aromatic rings. The molecule has 2 aromatic carbocycles. The van der Waals surface area contributed by atoms with Gasteiger partial charge in [0.05, 0.1) is 30.7 Å². The van der Waals surface area contributed by atoms with Gasteiger partial charge < -0.3 is 24.4 Å². The predicted molar refractivity (Wildman–Crippen MR) is 164 cm³/mol. The van der Waals surface area contributed by atoms with Crippen LogP contribution in [0.4, 0.5) is 5.69 Å². The molecule has 1 saturated heterocycles. The standard InChI is InChI=1S/C34H36N4O6/c1-2-42-32(39)11-10-27-9-8-26(22-35)20-31(27)43-24-29(21-33(40)44-23-25-6-4-3-5-7-25)37-34(41)28-14-18-38(19-15-28)30-12-16-36-17-13-30/h3-13,16-17,20,28-29H,2,14-15,18-19,21,23-24H2,1H3,(H,37,41)/b11-10+. The van der Waals surface area contributed by atoms with Crippen molar-refractivity contribution < 1.29 is 28.6 Å². The van der Waals surface area contributed by atoms with E-state index in [9.17, 15) is 19.6 Å². The normalized spacial score (nSPS) is 14.0. The van der Waals surface area contributed by atoms with Gasteiger partial charge in [0.25, 0.3) is 0 Å². The summed E-state index contributed by atoms with van der Waals surface area (Å²) in [5.74, 6) is -1.04. The van der Waals surface area contributed by atoms with Crippen LogP contribution in [0.15, 0.2) is 79.1 Å². The SMILES string of the molecule is CCOC(=O)/C=C/c1ccc(C#N)cc1OCC(CC(=O)OCc1ccccc1)NC(=O)C1CCN(c2ccncc2)CC1. The van der Waals surface area contributed by atoms with Crippen molar-refractivity contribution in [2.24, 2.45) is 5.92 Å². The van der Waals surface area contributed by atoms with Crippen molar-refractivity contribution in [2.45, 2.75) is 38.8 Å². The number of nitrogens with one attached hydrogen (secondary N) is 1. The molecule has 1 unspecified atom stereocenters. The zero-order valence-corrected chi connectivity index (χ0v) is 24.7. The number of hydrogen-bond acceptors (Lipinski definition) is 9. The average Bonchev–Trinajstić information content (AvgIpc) is 3.06. The second kappa shape index (κ2) is 16.5. The quantitative estimate of drug-likeness (QED) is 0.225. The number of carbonyl (C=O) groups excluding carboxylic acids is 3. The molecule has 0 saturated carbocycles. The molecule has 1 aliphatic heterocycles. The number of ether oxygens (including phenoxy) is 3. The Balaban J connectivity index is 1.43. The van der Waals surface area contributed by atoms with Gasteiger partial charge in [-0.2, -0.15) is 5.26 Å². The number of carbonyl (C=O) groups is 3. The van der Waals surface area contributed by atoms with Crippen molar-refractivity contribution in [3.8, 4) is 11.8 Å². The summed E-state index contributed by atoms with van der Waals surface area (Å²) in [5, 5.41) is 12.4. The number of rotatable bonds is 13. The summed E-state index contributed by atoms with van der Waals surface area (Å²) in [6.07, 6.45) is 7.52. The first kappa shape index (κ1) is 31.8. The van der Waals surface area contributed by atoms with E-state index in [1.807, 2.05) is 42.5 Å². The number of piperidine rings is 1. The minimum atomic E-state index is -0.698. The van der Waals surface area contributed by atoms with Crippen LogP contribution < -0.4 is 15.0 Å². The third-order valence-electron chi connectivity index (χ3n) is 7.16. The molecule has 0 radical (unpaired) electrons. The Morgan fingerprint density at radius 1 is 1.07 bits per heavy atom. The fraction of sp³-hybridized carbons (Fsp3) is 0.324. The van der Waals surface area contributed by atoms with E-state index in [-0.39, 0.29) is 38.1 Å². The molecule has 1 N–H and O–H groups in total. The Kier molecular flexibility index (Phi) is 11.9. The molecule has 228 valence electrons. The van der Waals surface area contributed by atoms with Crippen molar-refractivity contribution >= 4 is 29.6 Å². The lowest BCUT2D eigenvalue weighted by atomic mass is 9.95. The van der Waals surface area contributed by atoms with Gasteiger partial charge >= 0.3 is 11.9 Å². The summed E-state index contributed by atoms with van der Waals surface area (Å²) in [6, 6.07) is 19.4. The number of anilines is 1. The molecule has 4 rings (SSSR count). The predicted octanol–water partition coefficient (Wildman–Crippen LogP) is 4.44. The number of esters is 2. The van der Waals surface area contributed by atoms with Gasteiger partial charge in [0, 0.05) is 48.7 Å². The van der Waals surface area contributed by atoms with Crippen molar-refractivity contribution in [3.05, 3.63) is 95.8 Å². The number of aromatic nitrogens is 1. The molecular weight excluding hydrogens is 560 g/mol. The monoisotopic (exact) mass is 596 g/mol. The van der Waals surface area contributed by atoms with Crippen LogP contribution in [0.3, 0.4) is 0 Å². The zero-order chi connectivity index (χ0) is 31.1. The third kappa shape index (κ3) is 9.70. The smallest absolute Gasteiger partial charge is 0.330 e. The summed E-state index contributed by atoms with van der Waals surface area (Å²) >= 11 is 0. The van der Waals surface area contributed by atoms with Crippen molar-refractivity contribution in [2.75, 3.05) is 31.2 Å². The zero-order valence-electron chi connectivity index (χ0n) is 24.7. The lowest BCUT2D eigenvalue weighted by Gasteiger charge is -2.33. The van der Waals surface area contributed by atoms with Crippen molar-refractivity contribution in [1.29, 1.82) is 5.26 Å². The molecule has 1 fully saturated rings. The highest BCUT2D eigenvalue weighted by atomic mass is 16.5. The van der Waals surface area contributed by atoms with Crippen LogP contribution >= 0.6 is 0 Å². The molecule has 10 nitrogen and oxygen atoms in total. The molecular formula is C34H36N4O6. The van der Waals surface area contributed by atoms with Gasteiger partial charge in [0.2, 0.25) is 5.91 Å². The third-order valence-corrected chi connectivity index (χ3v) is 7.16. The maximum Gasteiger partial charge on any atom is 0.330 e. The number of amides is 1. The van der Waals surface area contributed by atoms with E-state index in [1.54, 1.807) is 37.5 Å².